The second kappa shape index (κ2) is 8.32. The van der Waals surface area contributed by atoms with Crippen molar-refractivity contribution in [3.8, 4) is 0 Å². The van der Waals surface area contributed by atoms with E-state index in [0.717, 1.165) is 12.8 Å². The first kappa shape index (κ1) is 16.2. The lowest BCUT2D eigenvalue weighted by Gasteiger charge is -2.18. The summed E-state index contributed by atoms with van der Waals surface area (Å²) in [6.07, 6.45) is 1.05. The van der Waals surface area contributed by atoms with Crippen LogP contribution in [-0.4, -0.2) is 40.3 Å². The number of carboxylic acids is 2. The number of nitrogens with one attached hydrogen (secondary N) is 2. The maximum atomic E-state index is 11.5. The van der Waals surface area contributed by atoms with Crippen LogP contribution in [0.1, 0.15) is 39.5 Å². The monoisotopic (exact) mass is 260 g/mol. The van der Waals surface area contributed by atoms with E-state index in [4.69, 9.17) is 10.2 Å². The Bertz CT molecular complexity index is 302. The summed E-state index contributed by atoms with van der Waals surface area (Å²) in [4.78, 5) is 32.7. The highest BCUT2D eigenvalue weighted by molar-refractivity contribution is 5.83. The standard InChI is InChI=1S/C11H20N2O5/c1-3-7(4-2)12-11(18)13-8(10(16)17)5-6-9(14)15/h7-8H,3-6H2,1-2H3,(H,14,15)(H,16,17)(H2,12,13,18)/t8-/m0/s1. The Labute approximate surface area is 106 Å². The van der Waals surface area contributed by atoms with Gasteiger partial charge in [-0.15, -0.1) is 0 Å². The van der Waals surface area contributed by atoms with Gasteiger partial charge in [0.05, 0.1) is 0 Å². The molecule has 0 aliphatic carbocycles. The van der Waals surface area contributed by atoms with E-state index in [-0.39, 0.29) is 18.9 Å². The minimum Gasteiger partial charge on any atom is -0.481 e. The van der Waals surface area contributed by atoms with Gasteiger partial charge in [-0.1, -0.05) is 13.8 Å². The van der Waals surface area contributed by atoms with Crippen LogP contribution in [0.2, 0.25) is 0 Å². The quantitative estimate of drug-likeness (QED) is 0.515. The highest BCUT2D eigenvalue weighted by atomic mass is 16.4. The first-order valence-corrected chi connectivity index (χ1v) is 5.92. The van der Waals surface area contributed by atoms with Crippen molar-refractivity contribution in [2.45, 2.75) is 51.6 Å². The van der Waals surface area contributed by atoms with Gasteiger partial charge >= 0.3 is 18.0 Å². The Morgan fingerprint density at radius 1 is 1.06 bits per heavy atom. The van der Waals surface area contributed by atoms with Crippen molar-refractivity contribution in [1.82, 2.24) is 10.6 Å². The maximum Gasteiger partial charge on any atom is 0.326 e. The zero-order valence-corrected chi connectivity index (χ0v) is 10.6. The number of rotatable bonds is 8. The number of urea groups is 1. The third-order valence-electron chi connectivity index (χ3n) is 2.57. The molecule has 2 amide bonds. The predicted molar refractivity (Wildman–Crippen MR) is 64.3 cm³/mol. The number of carbonyl (C=O) groups excluding carboxylic acids is 1. The summed E-state index contributed by atoms with van der Waals surface area (Å²) in [5.41, 5.74) is 0. The van der Waals surface area contributed by atoms with Gasteiger partial charge in [-0.05, 0) is 19.3 Å². The van der Waals surface area contributed by atoms with Crippen molar-refractivity contribution < 1.29 is 24.6 Å². The lowest BCUT2D eigenvalue weighted by molar-refractivity contribution is -0.140. The van der Waals surface area contributed by atoms with Crippen molar-refractivity contribution >= 4 is 18.0 Å². The molecular formula is C11H20N2O5. The average molecular weight is 260 g/mol. The van der Waals surface area contributed by atoms with Crippen LogP contribution < -0.4 is 10.6 Å². The predicted octanol–water partition coefficient (Wildman–Crippen LogP) is 0.792. The van der Waals surface area contributed by atoms with Crippen LogP contribution in [0.25, 0.3) is 0 Å². The Balaban J connectivity index is 4.27. The van der Waals surface area contributed by atoms with E-state index in [2.05, 4.69) is 10.6 Å². The van der Waals surface area contributed by atoms with Gasteiger partial charge in [-0.2, -0.15) is 0 Å². The molecule has 0 aromatic heterocycles. The van der Waals surface area contributed by atoms with E-state index in [9.17, 15) is 14.4 Å². The lowest BCUT2D eigenvalue weighted by atomic mass is 10.1. The van der Waals surface area contributed by atoms with E-state index in [1.165, 1.54) is 0 Å². The Kier molecular flexibility index (Phi) is 7.50. The Morgan fingerprint density at radius 3 is 2.00 bits per heavy atom. The minimum absolute atomic E-state index is 0.0149. The second-order valence-corrected chi connectivity index (χ2v) is 3.95. The topological polar surface area (TPSA) is 116 Å². The summed E-state index contributed by atoms with van der Waals surface area (Å²) in [5.74, 6) is -2.33. The largest absolute Gasteiger partial charge is 0.481 e. The summed E-state index contributed by atoms with van der Waals surface area (Å²) in [6.45, 7) is 3.82. The molecule has 0 aliphatic rings. The fourth-order valence-electron chi connectivity index (χ4n) is 1.40. The minimum atomic E-state index is -1.24. The Morgan fingerprint density at radius 2 is 1.61 bits per heavy atom. The molecule has 0 aromatic carbocycles. The average Bonchev–Trinajstić information content (AvgIpc) is 2.30. The van der Waals surface area contributed by atoms with E-state index in [0.29, 0.717) is 0 Å². The summed E-state index contributed by atoms with van der Waals surface area (Å²) < 4.78 is 0. The molecule has 0 spiro atoms. The van der Waals surface area contributed by atoms with Crippen LogP contribution in [0, 0.1) is 0 Å². The fourth-order valence-corrected chi connectivity index (χ4v) is 1.40. The molecule has 7 nitrogen and oxygen atoms in total. The van der Waals surface area contributed by atoms with Crippen LogP contribution in [0.15, 0.2) is 0 Å². The highest BCUT2D eigenvalue weighted by Gasteiger charge is 2.21. The zero-order chi connectivity index (χ0) is 14.1. The molecule has 0 saturated heterocycles. The van der Waals surface area contributed by atoms with Gasteiger partial charge < -0.3 is 20.8 Å². The zero-order valence-electron chi connectivity index (χ0n) is 10.6. The van der Waals surface area contributed by atoms with Crippen molar-refractivity contribution in [2.75, 3.05) is 0 Å². The molecule has 1 atom stereocenters. The molecule has 0 aromatic rings. The number of hydrogen-bond donors (Lipinski definition) is 4. The third-order valence-corrected chi connectivity index (χ3v) is 2.57. The van der Waals surface area contributed by atoms with Gasteiger partial charge in [0.1, 0.15) is 6.04 Å². The van der Waals surface area contributed by atoms with Crippen LogP contribution in [0.5, 0.6) is 0 Å². The smallest absolute Gasteiger partial charge is 0.326 e. The van der Waals surface area contributed by atoms with E-state index in [1.54, 1.807) is 0 Å². The second-order valence-electron chi connectivity index (χ2n) is 3.95. The molecular weight excluding hydrogens is 240 g/mol. The van der Waals surface area contributed by atoms with Gasteiger partial charge in [0.2, 0.25) is 0 Å². The summed E-state index contributed by atoms with van der Waals surface area (Å²) in [7, 11) is 0. The number of carbonyl (C=O) groups is 3. The number of carboxylic acid groups (broad SMARTS) is 2. The first-order chi connectivity index (χ1) is 8.40. The fraction of sp³-hybridized carbons (Fsp3) is 0.727. The SMILES string of the molecule is CCC(CC)NC(=O)N[C@@H](CCC(=O)O)C(=O)O. The maximum absolute atomic E-state index is 11.5. The van der Waals surface area contributed by atoms with Gasteiger partial charge in [-0.25, -0.2) is 9.59 Å². The molecule has 0 aliphatic heterocycles. The molecule has 18 heavy (non-hydrogen) atoms. The van der Waals surface area contributed by atoms with Crippen LogP contribution in [0.4, 0.5) is 4.79 Å². The van der Waals surface area contributed by atoms with E-state index >= 15 is 0 Å². The number of hydrogen-bond acceptors (Lipinski definition) is 3. The molecule has 0 fully saturated rings. The highest BCUT2D eigenvalue weighted by Crippen LogP contribution is 2.00. The summed E-state index contributed by atoms with van der Waals surface area (Å²) >= 11 is 0. The van der Waals surface area contributed by atoms with Gasteiger partial charge in [0.15, 0.2) is 0 Å². The lowest BCUT2D eigenvalue weighted by Crippen LogP contribution is -2.48. The van der Waals surface area contributed by atoms with E-state index in [1.807, 2.05) is 13.8 Å². The van der Waals surface area contributed by atoms with Crippen molar-refractivity contribution in [3.63, 3.8) is 0 Å². The molecule has 0 unspecified atom stereocenters. The molecule has 0 saturated carbocycles. The van der Waals surface area contributed by atoms with Gasteiger partial charge in [0.25, 0.3) is 0 Å². The van der Waals surface area contributed by atoms with Gasteiger partial charge in [0, 0.05) is 12.5 Å². The van der Waals surface area contributed by atoms with Crippen LogP contribution in [0.3, 0.4) is 0 Å². The molecule has 104 valence electrons. The summed E-state index contributed by atoms with van der Waals surface area (Å²) in [5, 5.41) is 22.2. The summed E-state index contributed by atoms with van der Waals surface area (Å²) in [6, 6.07) is -1.78. The first-order valence-electron chi connectivity index (χ1n) is 5.92. The van der Waals surface area contributed by atoms with Crippen molar-refractivity contribution in [3.05, 3.63) is 0 Å². The van der Waals surface area contributed by atoms with Crippen LogP contribution in [-0.2, 0) is 9.59 Å². The third kappa shape index (κ3) is 6.72. The van der Waals surface area contributed by atoms with E-state index < -0.39 is 24.0 Å². The molecule has 0 bridgehead atoms. The Hall–Kier alpha value is -1.79. The molecule has 4 N–H and O–H groups in total. The molecule has 0 radical (unpaired) electrons. The van der Waals surface area contributed by atoms with Crippen molar-refractivity contribution in [1.29, 1.82) is 0 Å². The number of aliphatic carboxylic acids is 2. The molecule has 0 rings (SSSR count). The molecule has 7 heteroatoms. The molecule has 0 heterocycles. The van der Waals surface area contributed by atoms with Crippen LogP contribution >= 0.6 is 0 Å². The number of amides is 2. The normalized spacial score (nSPS) is 11.9. The van der Waals surface area contributed by atoms with Crippen molar-refractivity contribution in [2.24, 2.45) is 0 Å². The van der Waals surface area contributed by atoms with Gasteiger partial charge in [-0.3, -0.25) is 4.79 Å².